The van der Waals surface area contributed by atoms with Crippen LogP contribution < -0.4 is 10.5 Å². The maximum atomic E-state index is 12.8. The number of rotatable bonds is 3. The summed E-state index contributed by atoms with van der Waals surface area (Å²) in [5, 5.41) is 8.87. The number of amides is 1. The van der Waals surface area contributed by atoms with Gasteiger partial charge >= 0.3 is 0 Å². The Balaban J connectivity index is 1.36. The zero-order valence-electron chi connectivity index (χ0n) is 15.8. The fourth-order valence-corrected chi connectivity index (χ4v) is 4.32. The topological polar surface area (TPSA) is 72.5 Å². The Labute approximate surface area is 158 Å². The lowest BCUT2D eigenvalue weighted by atomic mass is 9.95. The fraction of sp³-hybridized carbons (Fsp3) is 0.600. The van der Waals surface area contributed by atoms with Crippen molar-refractivity contribution in [3.05, 3.63) is 34.6 Å². The summed E-state index contributed by atoms with van der Waals surface area (Å²) in [7, 11) is 0. The van der Waals surface area contributed by atoms with Crippen molar-refractivity contribution in [1.82, 2.24) is 19.9 Å². The number of hydrogen-bond donors (Lipinski definition) is 1. The third-order valence-corrected chi connectivity index (χ3v) is 5.96. The predicted molar refractivity (Wildman–Crippen MR) is 102 cm³/mol. The third kappa shape index (κ3) is 4.03. The number of quaternary nitrogens is 1. The molecule has 27 heavy (non-hydrogen) atoms. The van der Waals surface area contributed by atoms with Gasteiger partial charge in [-0.3, -0.25) is 9.59 Å². The van der Waals surface area contributed by atoms with E-state index in [2.05, 4.69) is 15.2 Å². The zero-order valence-corrected chi connectivity index (χ0v) is 15.8. The van der Waals surface area contributed by atoms with Crippen LogP contribution in [-0.2, 0) is 11.5 Å². The van der Waals surface area contributed by atoms with Crippen LogP contribution in [0.4, 0.5) is 0 Å². The molecule has 0 atom stereocenters. The molecule has 1 aromatic carbocycles. The maximum absolute atomic E-state index is 12.8. The van der Waals surface area contributed by atoms with Gasteiger partial charge in [0, 0.05) is 31.8 Å². The number of hydrogen-bond acceptors (Lipinski definition) is 4. The lowest BCUT2D eigenvalue weighted by molar-refractivity contribution is -0.929. The molecular formula is C20H28N5O2+. The molecule has 144 valence electrons. The number of fused-ring (bicyclic) bond motifs is 1. The second-order valence-electron chi connectivity index (χ2n) is 7.83. The summed E-state index contributed by atoms with van der Waals surface area (Å²) in [6.07, 6.45) is 6.54. The molecule has 0 bridgehead atoms. The third-order valence-electron chi connectivity index (χ3n) is 5.96. The monoisotopic (exact) mass is 370 g/mol. The number of nitrogens with one attached hydrogen (secondary N) is 1. The van der Waals surface area contributed by atoms with E-state index in [1.807, 2.05) is 12.1 Å². The SMILES string of the molecule is O=C(C1CC[NH+](Cn2nnc3ccccc3c2=O)CC1)N1CCCCCC1. The zero-order chi connectivity index (χ0) is 18.6. The summed E-state index contributed by atoms with van der Waals surface area (Å²) in [5.74, 6) is 0.491. The molecule has 2 aromatic rings. The van der Waals surface area contributed by atoms with E-state index in [-0.39, 0.29) is 11.5 Å². The summed E-state index contributed by atoms with van der Waals surface area (Å²) in [4.78, 5) is 28.8. The molecule has 1 N–H and O–H groups in total. The van der Waals surface area contributed by atoms with Crippen LogP contribution in [0, 0.1) is 5.92 Å². The second-order valence-corrected chi connectivity index (χ2v) is 7.83. The molecule has 2 aliphatic rings. The smallest absolute Gasteiger partial charge is 0.282 e. The van der Waals surface area contributed by atoms with E-state index in [4.69, 9.17) is 0 Å². The first-order valence-corrected chi connectivity index (χ1v) is 10.2. The number of carbonyl (C=O) groups is 1. The first kappa shape index (κ1) is 18.1. The highest BCUT2D eigenvalue weighted by atomic mass is 16.2. The number of benzene rings is 1. The largest absolute Gasteiger partial charge is 0.342 e. The molecule has 1 aromatic heterocycles. The number of nitrogens with zero attached hydrogens (tertiary/aromatic N) is 4. The van der Waals surface area contributed by atoms with Gasteiger partial charge in [-0.1, -0.05) is 30.2 Å². The number of piperidine rings is 1. The number of aromatic nitrogens is 3. The van der Waals surface area contributed by atoms with Gasteiger partial charge in [0.2, 0.25) is 5.91 Å². The first-order chi connectivity index (χ1) is 13.2. The molecule has 4 rings (SSSR count). The van der Waals surface area contributed by atoms with Gasteiger partial charge in [0.25, 0.3) is 5.56 Å². The van der Waals surface area contributed by atoms with Crippen LogP contribution in [0.3, 0.4) is 0 Å². The Morgan fingerprint density at radius 1 is 1.07 bits per heavy atom. The van der Waals surface area contributed by atoms with E-state index in [0.717, 1.165) is 51.9 Å². The summed E-state index contributed by atoms with van der Waals surface area (Å²) in [6.45, 7) is 4.15. The molecule has 2 saturated heterocycles. The van der Waals surface area contributed by atoms with E-state index in [1.54, 1.807) is 12.1 Å². The molecule has 0 saturated carbocycles. The lowest BCUT2D eigenvalue weighted by Crippen LogP contribution is -3.12. The predicted octanol–water partition coefficient (Wildman–Crippen LogP) is 0.447. The van der Waals surface area contributed by atoms with Crippen LogP contribution >= 0.6 is 0 Å². The second kappa shape index (κ2) is 8.17. The molecule has 0 radical (unpaired) electrons. The Morgan fingerprint density at radius 3 is 2.52 bits per heavy atom. The minimum absolute atomic E-state index is 0.0872. The Bertz CT molecular complexity index is 849. The molecule has 0 unspecified atom stereocenters. The standard InChI is InChI=1S/C20H27N5O2/c26-19(24-11-5-1-2-6-12-24)16-9-13-23(14-10-16)15-25-20(27)17-7-3-4-8-18(17)21-22-25/h3-4,7-8,16H,1-2,5-6,9-15H2/p+1. The number of carbonyl (C=O) groups excluding carboxylic acids is 1. The van der Waals surface area contributed by atoms with Gasteiger partial charge in [-0.2, -0.15) is 4.68 Å². The lowest BCUT2D eigenvalue weighted by Gasteiger charge is -2.31. The normalized spacial score (nSPS) is 23.9. The minimum Gasteiger partial charge on any atom is -0.342 e. The van der Waals surface area contributed by atoms with Crippen molar-refractivity contribution in [3.63, 3.8) is 0 Å². The van der Waals surface area contributed by atoms with E-state index in [9.17, 15) is 9.59 Å². The van der Waals surface area contributed by atoms with Crippen LogP contribution in [-0.4, -0.2) is 52.0 Å². The molecule has 7 nitrogen and oxygen atoms in total. The summed E-state index contributed by atoms with van der Waals surface area (Å²) < 4.78 is 1.47. The van der Waals surface area contributed by atoms with E-state index in [0.29, 0.717) is 23.5 Å². The van der Waals surface area contributed by atoms with E-state index >= 15 is 0 Å². The van der Waals surface area contributed by atoms with Crippen molar-refractivity contribution < 1.29 is 9.69 Å². The van der Waals surface area contributed by atoms with Crippen LogP contribution in [0.15, 0.2) is 29.1 Å². The molecule has 7 heteroatoms. The van der Waals surface area contributed by atoms with Gasteiger partial charge in [-0.05, 0) is 25.0 Å². The average molecular weight is 370 g/mol. The summed E-state index contributed by atoms with van der Waals surface area (Å²) >= 11 is 0. The van der Waals surface area contributed by atoms with Gasteiger partial charge in [0.05, 0.1) is 18.5 Å². The van der Waals surface area contributed by atoms with Gasteiger partial charge in [0.15, 0.2) is 6.67 Å². The number of likely N-dealkylation sites (tertiary alicyclic amines) is 2. The quantitative estimate of drug-likeness (QED) is 0.851. The van der Waals surface area contributed by atoms with Crippen LogP contribution in [0.5, 0.6) is 0 Å². The average Bonchev–Trinajstić information content (AvgIpc) is 3.00. The fourth-order valence-electron chi connectivity index (χ4n) is 4.32. The molecule has 0 aliphatic carbocycles. The molecule has 2 fully saturated rings. The summed E-state index contributed by atoms with van der Waals surface area (Å²) in [6, 6.07) is 7.31. The van der Waals surface area contributed by atoms with Crippen molar-refractivity contribution in [1.29, 1.82) is 0 Å². The maximum Gasteiger partial charge on any atom is 0.282 e. The van der Waals surface area contributed by atoms with E-state index in [1.165, 1.54) is 22.4 Å². The molecule has 2 aliphatic heterocycles. The molecule has 3 heterocycles. The van der Waals surface area contributed by atoms with Crippen molar-refractivity contribution >= 4 is 16.8 Å². The Hall–Kier alpha value is -2.28. The highest BCUT2D eigenvalue weighted by molar-refractivity contribution is 5.79. The van der Waals surface area contributed by atoms with Gasteiger partial charge in [0.1, 0.15) is 5.52 Å². The van der Waals surface area contributed by atoms with Crippen molar-refractivity contribution in [2.45, 2.75) is 45.2 Å². The molecular weight excluding hydrogens is 342 g/mol. The Morgan fingerprint density at radius 2 is 1.78 bits per heavy atom. The van der Waals surface area contributed by atoms with Crippen molar-refractivity contribution in [2.75, 3.05) is 26.2 Å². The van der Waals surface area contributed by atoms with Gasteiger partial charge in [-0.25, -0.2) is 0 Å². The van der Waals surface area contributed by atoms with Crippen molar-refractivity contribution in [2.24, 2.45) is 5.92 Å². The molecule has 0 spiro atoms. The van der Waals surface area contributed by atoms with Gasteiger partial charge in [-0.15, -0.1) is 5.10 Å². The van der Waals surface area contributed by atoms with E-state index < -0.39 is 0 Å². The van der Waals surface area contributed by atoms with Crippen LogP contribution in [0.1, 0.15) is 38.5 Å². The van der Waals surface area contributed by atoms with Crippen LogP contribution in [0.2, 0.25) is 0 Å². The van der Waals surface area contributed by atoms with Crippen LogP contribution in [0.25, 0.3) is 10.9 Å². The van der Waals surface area contributed by atoms with Gasteiger partial charge < -0.3 is 9.80 Å². The first-order valence-electron chi connectivity index (χ1n) is 10.2. The molecule has 1 amide bonds. The highest BCUT2D eigenvalue weighted by Crippen LogP contribution is 2.17. The minimum atomic E-state index is -0.0872. The summed E-state index contributed by atoms with van der Waals surface area (Å²) in [5.41, 5.74) is 0.548. The van der Waals surface area contributed by atoms with Crippen molar-refractivity contribution in [3.8, 4) is 0 Å². The Kier molecular flexibility index (Phi) is 5.48. The highest BCUT2D eigenvalue weighted by Gasteiger charge is 2.31.